The van der Waals surface area contributed by atoms with Gasteiger partial charge >= 0.3 is 0 Å². The van der Waals surface area contributed by atoms with Crippen LogP contribution in [0.1, 0.15) is 42.1 Å². The minimum atomic E-state index is -1.20. The van der Waals surface area contributed by atoms with Crippen molar-refractivity contribution in [2.45, 2.75) is 37.3 Å². The Morgan fingerprint density at radius 2 is 1.84 bits per heavy atom. The summed E-state index contributed by atoms with van der Waals surface area (Å²) in [6.45, 7) is 1.16. The van der Waals surface area contributed by atoms with Crippen LogP contribution in [-0.2, 0) is 16.0 Å². The minimum Gasteiger partial charge on any atom is -0.497 e. The summed E-state index contributed by atoms with van der Waals surface area (Å²) in [7, 11) is 1.63. The van der Waals surface area contributed by atoms with Crippen molar-refractivity contribution < 1.29 is 24.1 Å². The third-order valence-corrected chi connectivity index (χ3v) is 6.99. The Balaban J connectivity index is 1.54. The van der Waals surface area contributed by atoms with Crippen LogP contribution < -0.4 is 14.8 Å². The second-order valence-electron chi connectivity index (χ2n) is 9.88. The Morgan fingerprint density at radius 3 is 2.55 bits per heavy atom. The fourth-order valence-corrected chi connectivity index (χ4v) is 4.71. The molecular formula is C31H34N2O5. The van der Waals surface area contributed by atoms with Crippen LogP contribution in [0.2, 0.25) is 0 Å². The van der Waals surface area contributed by atoms with Gasteiger partial charge in [0.15, 0.2) is 11.6 Å². The third kappa shape index (κ3) is 5.83. The predicted molar refractivity (Wildman–Crippen MR) is 146 cm³/mol. The molecule has 0 aromatic heterocycles. The summed E-state index contributed by atoms with van der Waals surface area (Å²) < 4.78 is 17.7. The van der Waals surface area contributed by atoms with E-state index in [1.807, 2.05) is 78.9 Å². The monoisotopic (exact) mass is 514 g/mol. The number of rotatable bonds is 12. The second-order valence-corrected chi connectivity index (χ2v) is 9.88. The summed E-state index contributed by atoms with van der Waals surface area (Å²) in [5, 5.41) is 12.2. The first-order chi connectivity index (χ1) is 18.6. The largest absolute Gasteiger partial charge is 0.497 e. The van der Waals surface area contributed by atoms with Crippen molar-refractivity contribution in [3.05, 3.63) is 95.6 Å². The predicted octanol–water partition coefficient (Wildman–Crippen LogP) is 4.48. The lowest BCUT2D eigenvalue weighted by Gasteiger charge is -2.31. The molecule has 1 heterocycles. The van der Waals surface area contributed by atoms with E-state index in [4.69, 9.17) is 24.3 Å². The Morgan fingerprint density at radius 1 is 1.05 bits per heavy atom. The van der Waals surface area contributed by atoms with E-state index in [0.29, 0.717) is 49.3 Å². The molecule has 5 rings (SSSR count). The number of benzene rings is 3. The van der Waals surface area contributed by atoms with E-state index in [1.165, 1.54) is 0 Å². The van der Waals surface area contributed by atoms with Crippen LogP contribution in [0, 0.1) is 5.92 Å². The molecule has 0 saturated heterocycles. The number of nitrogens with one attached hydrogen (secondary N) is 1. The van der Waals surface area contributed by atoms with E-state index in [1.54, 1.807) is 7.11 Å². The molecular weight excluding hydrogens is 480 g/mol. The van der Waals surface area contributed by atoms with Crippen LogP contribution >= 0.6 is 0 Å². The molecule has 38 heavy (non-hydrogen) atoms. The molecule has 1 fully saturated rings. The lowest BCUT2D eigenvalue weighted by molar-refractivity contribution is -0.129. The molecule has 3 aromatic carbocycles. The standard InChI is InChI=1S/C31H34N2O5/c1-36-27-10-5-9-25(19-27)28-31(20-22-7-3-2-4-8-22,30(35)32-21-23-11-12-23)33-29(38-28)24-13-15-26(16-14-24)37-18-6-17-34/h2-5,7-10,13-16,19,23,28,34H,6,11-12,17-18,20-21H2,1H3,(H,32,35)/t28-,31-/m1/s1. The van der Waals surface area contributed by atoms with Crippen molar-refractivity contribution >= 4 is 11.8 Å². The molecule has 7 heteroatoms. The smallest absolute Gasteiger partial charge is 0.252 e. The molecule has 1 amide bonds. The molecule has 2 atom stereocenters. The van der Waals surface area contributed by atoms with Crippen molar-refractivity contribution in [2.75, 3.05) is 26.9 Å². The average molecular weight is 515 g/mol. The number of aliphatic hydroxyl groups excluding tert-OH is 1. The molecule has 1 aliphatic heterocycles. The van der Waals surface area contributed by atoms with Crippen molar-refractivity contribution in [3.8, 4) is 11.5 Å². The van der Waals surface area contributed by atoms with E-state index < -0.39 is 11.6 Å². The van der Waals surface area contributed by atoms with Crippen LogP contribution in [0.25, 0.3) is 0 Å². The Kier molecular flexibility index (Phi) is 7.94. The molecule has 2 N–H and O–H groups in total. The minimum absolute atomic E-state index is 0.0840. The Bertz CT molecular complexity index is 1260. The van der Waals surface area contributed by atoms with E-state index >= 15 is 0 Å². The molecule has 2 aliphatic rings. The van der Waals surface area contributed by atoms with Crippen molar-refractivity contribution in [1.29, 1.82) is 0 Å². The Labute approximate surface area is 223 Å². The highest BCUT2D eigenvalue weighted by Gasteiger charge is 2.53. The number of aliphatic imine (C=N–C) groups is 1. The van der Waals surface area contributed by atoms with Crippen molar-refractivity contribution in [2.24, 2.45) is 10.9 Å². The molecule has 0 spiro atoms. The average Bonchev–Trinajstić information content (AvgIpc) is 3.72. The lowest BCUT2D eigenvalue weighted by Crippen LogP contribution is -2.50. The van der Waals surface area contributed by atoms with Gasteiger partial charge in [-0.15, -0.1) is 0 Å². The van der Waals surface area contributed by atoms with Gasteiger partial charge in [-0.1, -0.05) is 42.5 Å². The molecule has 3 aromatic rings. The first-order valence-electron chi connectivity index (χ1n) is 13.2. The van der Waals surface area contributed by atoms with Gasteiger partial charge < -0.3 is 24.6 Å². The number of nitrogens with zero attached hydrogens (tertiary/aromatic N) is 1. The van der Waals surface area contributed by atoms with Gasteiger partial charge in [0.25, 0.3) is 5.91 Å². The quantitative estimate of drug-likeness (QED) is 0.348. The van der Waals surface area contributed by atoms with Gasteiger partial charge in [-0.05, 0) is 66.3 Å². The summed E-state index contributed by atoms with van der Waals surface area (Å²) in [6, 6.07) is 25.1. The fraction of sp³-hybridized carbons (Fsp3) is 0.355. The zero-order chi connectivity index (χ0) is 26.4. The highest BCUT2D eigenvalue weighted by atomic mass is 16.5. The maximum absolute atomic E-state index is 14.0. The molecule has 0 bridgehead atoms. The number of carbonyl (C=O) groups is 1. The summed E-state index contributed by atoms with van der Waals surface area (Å²) >= 11 is 0. The fourth-order valence-electron chi connectivity index (χ4n) is 4.71. The SMILES string of the molecule is COc1cccc([C@H]2OC(c3ccc(OCCCO)cc3)=N[C@@]2(Cc2ccccc2)C(=O)NCC2CC2)c1. The van der Waals surface area contributed by atoms with E-state index in [2.05, 4.69) is 5.32 Å². The number of carbonyl (C=O) groups excluding carboxylic acids is 1. The molecule has 0 radical (unpaired) electrons. The van der Waals surface area contributed by atoms with Crippen LogP contribution in [0.3, 0.4) is 0 Å². The van der Waals surface area contributed by atoms with Gasteiger partial charge in [-0.3, -0.25) is 4.79 Å². The second kappa shape index (κ2) is 11.7. The van der Waals surface area contributed by atoms with E-state index in [0.717, 1.165) is 29.5 Å². The zero-order valence-electron chi connectivity index (χ0n) is 21.6. The maximum atomic E-state index is 14.0. The van der Waals surface area contributed by atoms with Gasteiger partial charge in [-0.25, -0.2) is 4.99 Å². The summed E-state index contributed by atoms with van der Waals surface area (Å²) in [5.41, 5.74) is 1.39. The van der Waals surface area contributed by atoms with Gasteiger partial charge in [-0.2, -0.15) is 0 Å². The van der Waals surface area contributed by atoms with Crippen LogP contribution in [-0.4, -0.2) is 49.3 Å². The van der Waals surface area contributed by atoms with Crippen LogP contribution in [0.4, 0.5) is 0 Å². The zero-order valence-corrected chi connectivity index (χ0v) is 21.6. The van der Waals surface area contributed by atoms with Gasteiger partial charge in [0.05, 0.1) is 13.7 Å². The first kappa shape index (κ1) is 25.8. The molecule has 1 aliphatic carbocycles. The normalized spacial score (nSPS) is 20.4. The summed E-state index contributed by atoms with van der Waals surface area (Å²) in [4.78, 5) is 19.1. The third-order valence-electron chi connectivity index (χ3n) is 6.99. The lowest BCUT2D eigenvalue weighted by atomic mass is 9.82. The number of methoxy groups -OCH3 is 1. The number of hydrogen-bond donors (Lipinski definition) is 2. The topological polar surface area (TPSA) is 89.4 Å². The molecule has 7 nitrogen and oxygen atoms in total. The molecule has 1 saturated carbocycles. The number of ether oxygens (including phenoxy) is 3. The first-order valence-corrected chi connectivity index (χ1v) is 13.2. The highest BCUT2D eigenvalue weighted by Crippen LogP contribution is 2.43. The van der Waals surface area contributed by atoms with Gasteiger partial charge in [0, 0.05) is 31.6 Å². The van der Waals surface area contributed by atoms with Crippen LogP contribution in [0.15, 0.2) is 83.9 Å². The van der Waals surface area contributed by atoms with Gasteiger partial charge in [0.2, 0.25) is 5.90 Å². The molecule has 198 valence electrons. The van der Waals surface area contributed by atoms with E-state index in [-0.39, 0.29) is 12.5 Å². The van der Waals surface area contributed by atoms with E-state index in [9.17, 15) is 4.79 Å². The number of hydrogen-bond acceptors (Lipinski definition) is 6. The Hall–Kier alpha value is -3.84. The summed E-state index contributed by atoms with van der Waals surface area (Å²) in [5.74, 6) is 2.20. The van der Waals surface area contributed by atoms with Crippen molar-refractivity contribution in [1.82, 2.24) is 5.32 Å². The van der Waals surface area contributed by atoms with Crippen molar-refractivity contribution in [3.63, 3.8) is 0 Å². The highest BCUT2D eigenvalue weighted by molar-refractivity contribution is 6.01. The summed E-state index contributed by atoms with van der Waals surface area (Å²) in [6.07, 6.45) is 2.59. The molecule has 0 unspecified atom stereocenters. The number of aliphatic hydroxyl groups is 1. The van der Waals surface area contributed by atoms with Gasteiger partial charge in [0.1, 0.15) is 11.5 Å². The number of amides is 1. The maximum Gasteiger partial charge on any atom is 0.252 e. The van der Waals surface area contributed by atoms with Crippen LogP contribution in [0.5, 0.6) is 11.5 Å².